The summed E-state index contributed by atoms with van der Waals surface area (Å²) >= 11 is 0. The van der Waals surface area contributed by atoms with Gasteiger partial charge in [-0.15, -0.1) is 0 Å². The number of para-hydroxylation sites is 1. The van der Waals surface area contributed by atoms with Crippen LogP contribution in [0.15, 0.2) is 29.3 Å². The number of nitrogens with one attached hydrogen (secondary N) is 1. The van der Waals surface area contributed by atoms with Gasteiger partial charge >= 0.3 is 5.51 Å². The number of fused-ring (bicyclic) bond motifs is 1. The fourth-order valence-electron chi connectivity index (χ4n) is 1.29. The summed E-state index contributed by atoms with van der Waals surface area (Å²) in [6.45, 7) is 0. The molecule has 0 aliphatic carbocycles. The van der Waals surface area contributed by atoms with Gasteiger partial charge in [0.15, 0.2) is 0 Å². The molecule has 1 N–H and O–H groups in total. The molecule has 0 bridgehead atoms. The van der Waals surface area contributed by atoms with Crippen LogP contribution >= 0.6 is 0 Å². The molecule has 0 atom stereocenters. The summed E-state index contributed by atoms with van der Waals surface area (Å²) in [6, 6.07) is 3.59. The van der Waals surface area contributed by atoms with Crippen molar-refractivity contribution in [2.24, 2.45) is 0 Å². The number of halogens is 3. The zero-order valence-corrected chi connectivity index (χ0v) is 8.43. The van der Waals surface area contributed by atoms with Crippen molar-refractivity contribution in [1.82, 2.24) is 10.2 Å². The fraction of sp³-hybridized carbons (Fsp3) is 0.125. The molecule has 0 aliphatic heterocycles. The number of benzene rings is 1. The molecule has 8 heteroatoms. The minimum atomic E-state index is -5.34. The first-order chi connectivity index (χ1) is 7.34. The molecule has 1 heterocycles. The van der Waals surface area contributed by atoms with Crippen molar-refractivity contribution in [1.29, 1.82) is 0 Å². The molecular weight excluding hydrogens is 245 g/mol. The zero-order valence-electron chi connectivity index (χ0n) is 7.62. The van der Waals surface area contributed by atoms with Crippen LogP contribution in [0.1, 0.15) is 0 Å². The highest BCUT2D eigenvalue weighted by molar-refractivity contribution is 7.92. The minimum absolute atomic E-state index is 0.139. The van der Waals surface area contributed by atoms with E-state index in [1.165, 1.54) is 18.3 Å². The second-order valence-corrected chi connectivity index (χ2v) is 4.95. The Bertz CT molecular complexity index is 630. The standard InChI is InChI=1S/C8H5F3N2O2S/c9-8(10,11)16(14,15)6-3-1-2-5-4-12-13-7(5)6/h1-4H,(H,12,13). The SMILES string of the molecule is O=S(=O)(c1cccc2cn[nH]c12)C(F)(F)F. The first-order valence-electron chi connectivity index (χ1n) is 4.07. The summed E-state index contributed by atoms with van der Waals surface area (Å²) in [6.07, 6.45) is 1.25. The van der Waals surface area contributed by atoms with E-state index in [1.807, 2.05) is 0 Å². The van der Waals surface area contributed by atoms with Crippen LogP contribution in [0, 0.1) is 0 Å². The van der Waals surface area contributed by atoms with E-state index in [-0.39, 0.29) is 5.52 Å². The molecule has 16 heavy (non-hydrogen) atoms. The number of aromatic amines is 1. The largest absolute Gasteiger partial charge is 0.501 e. The number of rotatable bonds is 1. The summed E-state index contributed by atoms with van der Waals surface area (Å²) in [5.74, 6) is 0. The van der Waals surface area contributed by atoms with Crippen molar-refractivity contribution in [2.75, 3.05) is 0 Å². The Morgan fingerprint density at radius 1 is 1.25 bits per heavy atom. The molecule has 0 amide bonds. The van der Waals surface area contributed by atoms with Crippen LogP contribution in [0.5, 0.6) is 0 Å². The first-order valence-corrected chi connectivity index (χ1v) is 5.56. The first kappa shape index (κ1) is 10.9. The fourth-order valence-corrected chi connectivity index (χ4v) is 2.23. The van der Waals surface area contributed by atoms with Gasteiger partial charge in [-0.05, 0) is 6.07 Å². The average Bonchev–Trinajstić information content (AvgIpc) is 2.62. The van der Waals surface area contributed by atoms with Gasteiger partial charge in [0.25, 0.3) is 9.84 Å². The van der Waals surface area contributed by atoms with Gasteiger partial charge in [0.1, 0.15) is 4.90 Å². The summed E-state index contributed by atoms with van der Waals surface area (Å²) in [7, 11) is -5.34. The van der Waals surface area contributed by atoms with Crippen molar-refractivity contribution in [3.8, 4) is 0 Å². The van der Waals surface area contributed by atoms with Crippen LogP contribution in [0.4, 0.5) is 13.2 Å². The van der Waals surface area contributed by atoms with Crippen LogP contribution in [-0.4, -0.2) is 24.1 Å². The van der Waals surface area contributed by atoms with E-state index < -0.39 is 20.2 Å². The summed E-state index contributed by atoms with van der Waals surface area (Å²) in [5.41, 5.74) is -5.45. The minimum Gasteiger partial charge on any atom is -0.276 e. The van der Waals surface area contributed by atoms with Crippen LogP contribution in [-0.2, 0) is 9.84 Å². The number of alkyl halides is 3. The molecule has 1 aromatic heterocycles. The number of sulfone groups is 1. The van der Waals surface area contributed by atoms with Crippen LogP contribution in [0.3, 0.4) is 0 Å². The predicted molar refractivity (Wildman–Crippen MR) is 49.3 cm³/mol. The highest BCUT2D eigenvalue weighted by atomic mass is 32.2. The second kappa shape index (κ2) is 3.21. The van der Waals surface area contributed by atoms with Crippen LogP contribution in [0.25, 0.3) is 10.9 Å². The molecule has 2 aromatic rings. The lowest BCUT2D eigenvalue weighted by Crippen LogP contribution is -2.23. The van der Waals surface area contributed by atoms with Gasteiger partial charge in [-0.2, -0.15) is 18.3 Å². The van der Waals surface area contributed by atoms with Crippen molar-refractivity contribution in [3.63, 3.8) is 0 Å². The van der Waals surface area contributed by atoms with Crippen LogP contribution in [0.2, 0.25) is 0 Å². The Hall–Kier alpha value is -1.57. The maximum atomic E-state index is 12.3. The molecule has 0 fully saturated rings. The monoisotopic (exact) mass is 250 g/mol. The average molecular weight is 250 g/mol. The van der Waals surface area contributed by atoms with E-state index in [9.17, 15) is 21.6 Å². The van der Waals surface area contributed by atoms with E-state index in [0.717, 1.165) is 6.07 Å². The molecule has 0 aliphatic rings. The lowest BCUT2D eigenvalue weighted by Gasteiger charge is -2.08. The highest BCUT2D eigenvalue weighted by Crippen LogP contribution is 2.33. The lowest BCUT2D eigenvalue weighted by molar-refractivity contribution is -0.0435. The Morgan fingerprint density at radius 3 is 2.56 bits per heavy atom. The summed E-state index contributed by atoms with van der Waals surface area (Å²) in [4.78, 5) is -0.810. The maximum absolute atomic E-state index is 12.3. The van der Waals surface area contributed by atoms with Gasteiger partial charge in [0, 0.05) is 5.39 Å². The molecule has 0 saturated heterocycles. The third-order valence-electron chi connectivity index (χ3n) is 2.03. The Morgan fingerprint density at radius 2 is 1.94 bits per heavy atom. The number of aromatic nitrogens is 2. The van der Waals surface area contributed by atoms with Crippen molar-refractivity contribution in [3.05, 3.63) is 24.4 Å². The number of hydrogen-bond donors (Lipinski definition) is 1. The maximum Gasteiger partial charge on any atom is 0.501 e. The molecule has 0 radical (unpaired) electrons. The van der Waals surface area contributed by atoms with Crippen molar-refractivity contribution < 1.29 is 21.6 Å². The predicted octanol–water partition coefficient (Wildman–Crippen LogP) is 1.86. The van der Waals surface area contributed by atoms with E-state index >= 15 is 0 Å². The number of hydrogen-bond acceptors (Lipinski definition) is 3. The molecular formula is C8H5F3N2O2S. The molecule has 4 nitrogen and oxygen atoms in total. The van der Waals surface area contributed by atoms with Crippen molar-refractivity contribution in [2.45, 2.75) is 10.4 Å². The normalized spacial score (nSPS) is 13.2. The van der Waals surface area contributed by atoms with Gasteiger partial charge < -0.3 is 0 Å². The van der Waals surface area contributed by atoms with E-state index in [0.29, 0.717) is 5.39 Å². The van der Waals surface area contributed by atoms with E-state index in [1.54, 1.807) is 0 Å². The van der Waals surface area contributed by atoms with Gasteiger partial charge in [-0.25, -0.2) is 8.42 Å². The van der Waals surface area contributed by atoms with E-state index in [2.05, 4.69) is 10.2 Å². The van der Waals surface area contributed by atoms with Gasteiger partial charge in [0.2, 0.25) is 0 Å². The third kappa shape index (κ3) is 1.45. The zero-order chi connectivity index (χ0) is 12.0. The molecule has 0 saturated carbocycles. The highest BCUT2D eigenvalue weighted by Gasteiger charge is 2.47. The summed E-state index contributed by atoms with van der Waals surface area (Å²) in [5, 5.41) is 6.05. The number of nitrogens with zero attached hydrogens (tertiary/aromatic N) is 1. The molecule has 0 unspecified atom stereocenters. The van der Waals surface area contributed by atoms with Gasteiger partial charge in [0.05, 0.1) is 11.7 Å². The van der Waals surface area contributed by atoms with Crippen molar-refractivity contribution >= 4 is 20.7 Å². The van der Waals surface area contributed by atoms with E-state index in [4.69, 9.17) is 0 Å². The molecule has 86 valence electrons. The number of H-pyrrole nitrogens is 1. The third-order valence-corrected chi connectivity index (χ3v) is 3.56. The topological polar surface area (TPSA) is 62.8 Å². The molecule has 2 rings (SSSR count). The van der Waals surface area contributed by atoms with Crippen LogP contribution < -0.4 is 0 Å². The smallest absolute Gasteiger partial charge is 0.276 e. The molecule has 0 spiro atoms. The summed E-state index contributed by atoms with van der Waals surface area (Å²) < 4.78 is 59.4. The second-order valence-electron chi connectivity index (χ2n) is 3.04. The quantitative estimate of drug-likeness (QED) is 0.840. The Kier molecular flexibility index (Phi) is 2.19. The lowest BCUT2D eigenvalue weighted by atomic mass is 10.3. The van der Waals surface area contributed by atoms with Gasteiger partial charge in [-0.1, -0.05) is 12.1 Å². The Balaban J connectivity index is 2.79. The Labute approximate surface area is 88.0 Å². The molecule has 1 aromatic carbocycles. The van der Waals surface area contributed by atoms with Gasteiger partial charge in [-0.3, -0.25) is 5.10 Å².